The first-order chi connectivity index (χ1) is 12.7. The van der Waals surface area contributed by atoms with Crippen LogP contribution in [0.3, 0.4) is 0 Å². The topological polar surface area (TPSA) is 39.7 Å². The van der Waals surface area contributed by atoms with E-state index >= 15 is 0 Å². The van der Waals surface area contributed by atoms with Crippen LogP contribution in [0.25, 0.3) is 0 Å². The van der Waals surface area contributed by atoms with Gasteiger partial charge < -0.3 is 15.5 Å². The number of nitrogens with one attached hydrogen (secondary N) is 2. The molecule has 3 rings (SSSR count). The zero-order valence-corrected chi connectivity index (χ0v) is 15.6. The molecule has 1 aliphatic carbocycles. The molecule has 1 aromatic rings. The lowest BCUT2D eigenvalue weighted by Crippen LogP contribution is -2.50. The van der Waals surface area contributed by atoms with Crippen LogP contribution in [0, 0.1) is 11.6 Å². The highest BCUT2D eigenvalue weighted by atomic mass is 19.1. The third-order valence-corrected chi connectivity index (χ3v) is 5.63. The van der Waals surface area contributed by atoms with Gasteiger partial charge in [0.1, 0.15) is 11.6 Å². The summed E-state index contributed by atoms with van der Waals surface area (Å²) in [5.74, 6) is -0.0329. The Hall–Kier alpha value is -1.69. The Kier molecular flexibility index (Phi) is 6.83. The number of rotatable bonds is 5. The van der Waals surface area contributed by atoms with Gasteiger partial charge in [-0.15, -0.1) is 0 Å². The molecule has 0 unspecified atom stereocenters. The summed E-state index contributed by atoms with van der Waals surface area (Å²) in [6.45, 7) is 2.81. The maximum atomic E-state index is 13.7. The predicted octanol–water partition coefficient (Wildman–Crippen LogP) is 3.08. The number of nitrogens with zero attached hydrogens (tertiary/aromatic N) is 2. The Bertz CT molecular complexity index is 606. The van der Waals surface area contributed by atoms with Gasteiger partial charge in [0.15, 0.2) is 5.96 Å². The smallest absolute Gasteiger partial charge is 0.191 e. The minimum Gasteiger partial charge on any atom is -0.356 e. The maximum Gasteiger partial charge on any atom is 0.191 e. The zero-order valence-electron chi connectivity index (χ0n) is 15.6. The first-order valence-electron chi connectivity index (χ1n) is 9.81. The molecule has 1 saturated heterocycles. The molecular formula is C20H30F2N4. The highest BCUT2D eigenvalue weighted by molar-refractivity contribution is 5.79. The van der Waals surface area contributed by atoms with Crippen molar-refractivity contribution in [2.45, 2.75) is 57.0 Å². The fourth-order valence-electron chi connectivity index (χ4n) is 4.12. The van der Waals surface area contributed by atoms with E-state index in [0.29, 0.717) is 24.6 Å². The van der Waals surface area contributed by atoms with E-state index in [4.69, 9.17) is 0 Å². The SMILES string of the molecule is CN=C(NCCc1cc(F)ccc1F)NC1CCN(C2CCCC2)CC1. The van der Waals surface area contributed by atoms with Gasteiger partial charge in [0.2, 0.25) is 0 Å². The molecule has 2 N–H and O–H groups in total. The number of piperidine rings is 1. The summed E-state index contributed by atoms with van der Waals surface area (Å²) in [7, 11) is 1.74. The van der Waals surface area contributed by atoms with E-state index < -0.39 is 5.82 Å². The lowest BCUT2D eigenvalue weighted by Gasteiger charge is -2.36. The van der Waals surface area contributed by atoms with Gasteiger partial charge in [0.25, 0.3) is 0 Å². The van der Waals surface area contributed by atoms with Crippen LogP contribution < -0.4 is 10.6 Å². The van der Waals surface area contributed by atoms with Crippen LogP contribution in [0.15, 0.2) is 23.2 Å². The number of aliphatic imine (C=N–C) groups is 1. The average Bonchev–Trinajstić information content (AvgIpc) is 3.19. The number of hydrogen-bond donors (Lipinski definition) is 2. The lowest BCUT2D eigenvalue weighted by atomic mass is 10.0. The van der Waals surface area contributed by atoms with Crippen molar-refractivity contribution < 1.29 is 8.78 Å². The predicted molar refractivity (Wildman–Crippen MR) is 101 cm³/mol. The molecule has 26 heavy (non-hydrogen) atoms. The van der Waals surface area contributed by atoms with Gasteiger partial charge in [-0.3, -0.25) is 4.99 Å². The monoisotopic (exact) mass is 364 g/mol. The Labute approximate surface area is 155 Å². The molecule has 1 heterocycles. The summed E-state index contributed by atoms with van der Waals surface area (Å²) in [5, 5.41) is 6.69. The number of benzene rings is 1. The minimum absolute atomic E-state index is 0.365. The first-order valence-corrected chi connectivity index (χ1v) is 9.81. The second kappa shape index (κ2) is 9.31. The first kappa shape index (κ1) is 19.1. The van der Waals surface area contributed by atoms with E-state index in [1.807, 2.05) is 0 Å². The molecule has 0 amide bonds. The largest absolute Gasteiger partial charge is 0.356 e. The van der Waals surface area contributed by atoms with Gasteiger partial charge in [0, 0.05) is 38.8 Å². The van der Waals surface area contributed by atoms with Crippen LogP contribution in [-0.2, 0) is 6.42 Å². The van der Waals surface area contributed by atoms with Gasteiger partial charge in [-0.05, 0) is 55.9 Å². The van der Waals surface area contributed by atoms with Crippen molar-refractivity contribution in [2.75, 3.05) is 26.7 Å². The van der Waals surface area contributed by atoms with Gasteiger partial charge in [0.05, 0.1) is 0 Å². The molecule has 6 heteroatoms. The Morgan fingerprint density at radius 1 is 1.15 bits per heavy atom. The van der Waals surface area contributed by atoms with Crippen LogP contribution in [0.4, 0.5) is 8.78 Å². The summed E-state index contributed by atoms with van der Waals surface area (Å²) in [6, 6.07) is 4.80. The number of hydrogen-bond acceptors (Lipinski definition) is 2. The molecule has 144 valence electrons. The molecule has 1 saturated carbocycles. The zero-order chi connectivity index (χ0) is 18.4. The van der Waals surface area contributed by atoms with Crippen molar-refractivity contribution in [1.29, 1.82) is 0 Å². The molecule has 0 atom stereocenters. The Balaban J connectivity index is 1.40. The van der Waals surface area contributed by atoms with Crippen molar-refractivity contribution >= 4 is 5.96 Å². The van der Waals surface area contributed by atoms with Crippen LogP contribution in [0.5, 0.6) is 0 Å². The fraction of sp³-hybridized carbons (Fsp3) is 0.650. The molecule has 2 fully saturated rings. The highest BCUT2D eigenvalue weighted by Crippen LogP contribution is 2.26. The standard InChI is InChI=1S/C20H30F2N4/c1-23-20(24-11-8-15-14-16(21)6-7-19(15)22)25-17-9-12-26(13-10-17)18-4-2-3-5-18/h6-7,14,17-18H,2-5,8-13H2,1H3,(H2,23,24,25). The molecule has 2 aliphatic rings. The minimum atomic E-state index is -0.405. The summed E-state index contributed by atoms with van der Waals surface area (Å²) in [4.78, 5) is 6.91. The number of guanidine groups is 1. The quantitative estimate of drug-likeness (QED) is 0.623. The summed E-state index contributed by atoms with van der Waals surface area (Å²) in [6.07, 6.45) is 8.14. The molecule has 0 aromatic heterocycles. The summed E-state index contributed by atoms with van der Waals surface area (Å²) < 4.78 is 26.9. The van der Waals surface area contributed by atoms with Crippen molar-refractivity contribution in [2.24, 2.45) is 4.99 Å². The Morgan fingerprint density at radius 2 is 1.88 bits per heavy atom. The fourth-order valence-corrected chi connectivity index (χ4v) is 4.12. The second-order valence-corrected chi connectivity index (χ2v) is 7.38. The number of halogens is 2. The second-order valence-electron chi connectivity index (χ2n) is 7.38. The van der Waals surface area contributed by atoms with Crippen LogP contribution >= 0.6 is 0 Å². The molecule has 1 aromatic carbocycles. The maximum absolute atomic E-state index is 13.7. The van der Waals surface area contributed by atoms with Gasteiger partial charge in [-0.1, -0.05) is 12.8 Å². The summed E-state index contributed by atoms with van der Waals surface area (Å²) in [5.41, 5.74) is 0.387. The van der Waals surface area contributed by atoms with Crippen LogP contribution in [-0.4, -0.2) is 49.6 Å². The van der Waals surface area contributed by atoms with Gasteiger partial charge >= 0.3 is 0 Å². The van der Waals surface area contributed by atoms with Crippen molar-refractivity contribution in [3.8, 4) is 0 Å². The van der Waals surface area contributed by atoms with Gasteiger partial charge in [-0.25, -0.2) is 8.78 Å². The van der Waals surface area contributed by atoms with E-state index in [1.165, 1.54) is 37.8 Å². The third-order valence-electron chi connectivity index (χ3n) is 5.63. The third kappa shape index (κ3) is 5.16. The lowest BCUT2D eigenvalue weighted by molar-refractivity contribution is 0.150. The Morgan fingerprint density at radius 3 is 2.58 bits per heavy atom. The van der Waals surface area contributed by atoms with E-state index in [9.17, 15) is 8.78 Å². The molecule has 1 aliphatic heterocycles. The van der Waals surface area contributed by atoms with Gasteiger partial charge in [-0.2, -0.15) is 0 Å². The van der Waals surface area contributed by atoms with Crippen molar-refractivity contribution in [3.05, 3.63) is 35.4 Å². The normalized spacial score (nSPS) is 20.5. The highest BCUT2D eigenvalue weighted by Gasteiger charge is 2.27. The molecular weight excluding hydrogens is 334 g/mol. The van der Waals surface area contributed by atoms with E-state index in [-0.39, 0.29) is 5.82 Å². The van der Waals surface area contributed by atoms with Crippen molar-refractivity contribution in [1.82, 2.24) is 15.5 Å². The number of likely N-dealkylation sites (tertiary alicyclic amines) is 1. The van der Waals surface area contributed by atoms with Crippen molar-refractivity contribution in [3.63, 3.8) is 0 Å². The van der Waals surface area contributed by atoms with E-state index in [2.05, 4.69) is 20.5 Å². The van der Waals surface area contributed by atoms with E-state index in [0.717, 1.165) is 44.0 Å². The average molecular weight is 364 g/mol. The van der Waals surface area contributed by atoms with Crippen LogP contribution in [0.2, 0.25) is 0 Å². The van der Waals surface area contributed by atoms with E-state index in [1.54, 1.807) is 7.05 Å². The van der Waals surface area contributed by atoms with Crippen LogP contribution in [0.1, 0.15) is 44.1 Å². The molecule has 0 bridgehead atoms. The molecule has 0 spiro atoms. The molecule has 0 radical (unpaired) electrons. The summed E-state index contributed by atoms with van der Waals surface area (Å²) >= 11 is 0. The molecule has 4 nitrogen and oxygen atoms in total.